The first-order valence-electron chi connectivity index (χ1n) is 22.9. The minimum Gasteiger partial charge on any atom is -0.492 e. The number of ether oxygens (including phenoxy) is 3. The molecule has 14 heteroatoms. The van der Waals surface area contributed by atoms with Crippen LogP contribution in [-0.4, -0.2) is 100 Å². The smallest absolute Gasteiger partial charge is 0.269 e. The molecule has 1 saturated heterocycles. The van der Waals surface area contributed by atoms with E-state index >= 15 is 4.79 Å². The molecule has 0 radical (unpaired) electrons. The van der Waals surface area contributed by atoms with Crippen molar-refractivity contribution in [3.63, 3.8) is 0 Å². The molecule has 2 aliphatic heterocycles. The van der Waals surface area contributed by atoms with Gasteiger partial charge >= 0.3 is 0 Å². The predicted molar refractivity (Wildman–Crippen MR) is 247 cm³/mol. The number of carbonyl (C=O) groups is 1. The Morgan fingerprint density at radius 3 is 2.43 bits per heavy atom. The van der Waals surface area contributed by atoms with Gasteiger partial charge in [-0.1, -0.05) is 42.3 Å². The lowest BCUT2D eigenvalue weighted by Gasteiger charge is -2.60. The highest BCUT2D eigenvalue weighted by Crippen LogP contribution is 2.62. The van der Waals surface area contributed by atoms with E-state index in [1.807, 2.05) is 32.9 Å². The van der Waals surface area contributed by atoms with Gasteiger partial charge in [0, 0.05) is 75.5 Å². The fraction of sp³-hybridized carbons (Fsp3) is 0.490. The summed E-state index contributed by atoms with van der Waals surface area (Å²) in [6.07, 6.45) is 11.6. The van der Waals surface area contributed by atoms with Crippen LogP contribution in [-0.2, 0) is 20.9 Å². The molecule has 6 unspecified atom stereocenters. The zero-order chi connectivity index (χ0) is 46.1. The van der Waals surface area contributed by atoms with E-state index < -0.39 is 40.0 Å². The minimum atomic E-state index is -1.53. The van der Waals surface area contributed by atoms with Crippen molar-refractivity contribution in [1.82, 2.24) is 9.80 Å². The number of hydrogen-bond donors (Lipinski definition) is 2. The Labute approximate surface area is 381 Å². The quantitative estimate of drug-likeness (QED) is 0.0250. The van der Waals surface area contributed by atoms with Crippen molar-refractivity contribution < 1.29 is 43.4 Å². The zero-order valence-electron chi connectivity index (χ0n) is 37.8. The van der Waals surface area contributed by atoms with Gasteiger partial charge in [0.15, 0.2) is 0 Å². The lowest BCUT2D eigenvalue weighted by Crippen LogP contribution is -2.70. The molecule has 1 amide bonds. The highest BCUT2D eigenvalue weighted by Gasteiger charge is 2.65. The number of amides is 1. The van der Waals surface area contributed by atoms with Gasteiger partial charge in [-0.05, 0) is 124 Å². The molecule has 0 spiro atoms. The molecule has 6 atom stereocenters. The summed E-state index contributed by atoms with van der Waals surface area (Å²) < 4.78 is 35.3. The number of nitro groups is 1. The Hall–Kier alpha value is -5.41. The maximum absolute atomic E-state index is 15.1. The van der Waals surface area contributed by atoms with E-state index in [0.717, 1.165) is 62.2 Å². The summed E-state index contributed by atoms with van der Waals surface area (Å²) in [7, 11) is 0. The van der Waals surface area contributed by atoms with Crippen LogP contribution in [0.25, 0.3) is 6.08 Å². The van der Waals surface area contributed by atoms with Gasteiger partial charge in [-0.15, -0.1) is 6.58 Å². The summed E-state index contributed by atoms with van der Waals surface area (Å²) in [5, 5.41) is 36.3. The van der Waals surface area contributed by atoms with Gasteiger partial charge in [-0.3, -0.25) is 19.8 Å². The molecule has 7 rings (SSSR count). The average molecular weight is 895 g/mol. The summed E-state index contributed by atoms with van der Waals surface area (Å²) in [6.45, 7) is 13.6. The van der Waals surface area contributed by atoms with Gasteiger partial charge in [0.05, 0.1) is 23.2 Å². The van der Waals surface area contributed by atoms with Crippen LogP contribution in [0.2, 0.25) is 0 Å². The highest BCUT2D eigenvalue weighted by atomic mass is 19.1. The molecule has 2 aliphatic carbocycles. The zero-order valence-corrected chi connectivity index (χ0v) is 37.8. The van der Waals surface area contributed by atoms with E-state index in [2.05, 4.69) is 23.6 Å². The number of benzene rings is 3. The Morgan fingerprint density at radius 1 is 1.05 bits per heavy atom. The van der Waals surface area contributed by atoms with Crippen LogP contribution in [0.15, 0.2) is 102 Å². The molecule has 4 aliphatic rings. The number of rotatable bonds is 22. The van der Waals surface area contributed by atoms with Crippen molar-refractivity contribution in [2.75, 3.05) is 46.1 Å². The molecule has 13 nitrogen and oxygen atoms in total. The molecule has 2 heterocycles. The summed E-state index contributed by atoms with van der Waals surface area (Å²) in [5.41, 5.74) is 3.02. The third-order valence-corrected chi connectivity index (χ3v) is 12.7. The summed E-state index contributed by atoms with van der Waals surface area (Å²) in [5.74, 6) is -1.75. The van der Waals surface area contributed by atoms with Crippen LogP contribution in [0.5, 0.6) is 11.5 Å². The number of halogens is 1. The number of fused-ring (bicyclic) bond motifs is 2. The van der Waals surface area contributed by atoms with Gasteiger partial charge in [0.25, 0.3) is 5.69 Å². The third-order valence-electron chi connectivity index (χ3n) is 12.7. The Balaban J connectivity index is 1.44. The Bertz CT molecular complexity index is 2220. The van der Waals surface area contributed by atoms with Crippen LogP contribution in [0.4, 0.5) is 10.1 Å². The first-order chi connectivity index (χ1) is 31.3. The Kier molecular flexibility index (Phi) is 15.6. The molecule has 0 aromatic heterocycles. The molecular weight excluding hydrogens is 832 g/mol. The lowest BCUT2D eigenvalue weighted by atomic mass is 9.55. The van der Waals surface area contributed by atoms with Gasteiger partial charge in [0.2, 0.25) is 11.7 Å². The van der Waals surface area contributed by atoms with Crippen molar-refractivity contribution in [2.45, 2.75) is 95.6 Å². The normalized spacial score (nSPS) is 24.1. The Morgan fingerprint density at radius 2 is 1.77 bits per heavy atom. The van der Waals surface area contributed by atoms with E-state index in [1.54, 1.807) is 41.3 Å². The fourth-order valence-electron chi connectivity index (χ4n) is 9.62. The molecule has 2 fully saturated rings. The number of allylic oxidation sites excluding steroid dienone is 1. The van der Waals surface area contributed by atoms with E-state index in [4.69, 9.17) is 24.2 Å². The predicted octanol–water partition coefficient (Wildman–Crippen LogP) is 8.60. The maximum atomic E-state index is 15.1. The molecule has 1 saturated carbocycles. The number of aliphatic hydroxyl groups excluding tert-OH is 2. The third kappa shape index (κ3) is 11.5. The largest absolute Gasteiger partial charge is 0.492 e. The highest BCUT2D eigenvalue weighted by molar-refractivity contribution is 6.03. The lowest BCUT2D eigenvalue weighted by molar-refractivity contribution is -0.384. The molecular formula is C51H63FN4O9. The number of nitro benzene ring substituents is 1. The van der Waals surface area contributed by atoms with Gasteiger partial charge in [-0.25, -0.2) is 4.39 Å². The number of hydrogen-bond acceptors (Lipinski definition) is 11. The van der Waals surface area contributed by atoms with Gasteiger partial charge in [-0.2, -0.15) is 0 Å². The van der Waals surface area contributed by atoms with Crippen molar-refractivity contribution in [2.24, 2.45) is 22.9 Å². The number of oxime groups is 1. The van der Waals surface area contributed by atoms with Crippen LogP contribution in [0.1, 0.15) is 88.3 Å². The van der Waals surface area contributed by atoms with E-state index in [9.17, 15) is 24.7 Å². The molecule has 2 N–H and O–H groups in total. The SMILES string of the molecule is C=CCOC12Oc3ccc(OCCN4CC4)cc3C3C(CCCCO)C(CCCCO)C=C(C(=NOC(C)(C)C)CC1N(Cc1ccc(F)cc1)C(=O)C=Cc1ccc([N+](=O)[O-])cc1)C32. The average Bonchev–Trinajstić information content (AvgIpc) is 4.12. The second-order valence-electron chi connectivity index (χ2n) is 18.4. The standard InChI is InChI=1S/C51H63FN4O9/c1-5-29-63-51-46(55(34-36-12-17-38(52)18-13-36)47(59)23-16-35-14-19-39(20-15-35)56(60)61)33-44(53-65-50(2,3)4)42-31-37(10-6-8-27-57)41(11-7-9-28-58)48(49(42)51)43-32-40(21-22-45(43)64-51)62-30-26-54-24-25-54/h5,12-23,31-32,37,41,46,48-49,57-58H,1,6-11,24-30,33-34H2,2-4H3. The fourth-order valence-corrected chi connectivity index (χ4v) is 9.62. The second-order valence-corrected chi connectivity index (χ2v) is 18.4. The number of non-ortho nitro benzene ring substituents is 1. The van der Waals surface area contributed by atoms with Crippen LogP contribution in [0.3, 0.4) is 0 Å². The molecule has 65 heavy (non-hydrogen) atoms. The van der Waals surface area contributed by atoms with Crippen molar-refractivity contribution in [3.8, 4) is 11.5 Å². The number of carbonyl (C=O) groups excluding carboxylic acids is 1. The van der Waals surface area contributed by atoms with Crippen molar-refractivity contribution in [3.05, 3.63) is 130 Å². The molecule has 3 aromatic rings. The second kappa shape index (κ2) is 21.3. The number of unbranched alkanes of at least 4 members (excludes halogenated alkanes) is 2. The maximum Gasteiger partial charge on any atom is 0.269 e. The molecule has 348 valence electrons. The van der Waals surface area contributed by atoms with Gasteiger partial charge in [0.1, 0.15) is 35.6 Å². The van der Waals surface area contributed by atoms with Crippen molar-refractivity contribution in [1.29, 1.82) is 0 Å². The molecule has 3 aromatic carbocycles. The first-order valence-corrected chi connectivity index (χ1v) is 22.9. The van der Waals surface area contributed by atoms with E-state index in [1.165, 1.54) is 30.3 Å². The van der Waals surface area contributed by atoms with E-state index in [-0.39, 0.29) is 56.2 Å². The van der Waals surface area contributed by atoms with Gasteiger partial charge < -0.3 is 34.2 Å². The number of aliphatic hydroxyl groups is 2. The summed E-state index contributed by atoms with van der Waals surface area (Å²) >= 11 is 0. The minimum absolute atomic E-state index is 0.0167. The number of nitrogens with zero attached hydrogens (tertiary/aromatic N) is 4. The topological polar surface area (TPSA) is 156 Å². The van der Waals surface area contributed by atoms with Crippen LogP contribution < -0.4 is 9.47 Å². The first kappa shape index (κ1) is 47.5. The monoisotopic (exact) mass is 894 g/mol. The van der Waals surface area contributed by atoms with Crippen LogP contribution >= 0.6 is 0 Å². The molecule has 0 bridgehead atoms. The summed E-state index contributed by atoms with van der Waals surface area (Å²) in [6, 6.07) is 17.0. The van der Waals surface area contributed by atoms with E-state index in [0.29, 0.717) is 42.0 Å². The van der Waals surface area contributed by atoms with Crippen LogP contribution in [0, 0.1) is 33.7 Å². The summed E-state index contributed by atoms with van der Waals surface area (Å²) in [4.78, 5) is 36.3. The van der Waals surface area contributed by atoms with Crippen molar-refractivity contribution >= 4 is 23.4 Å².